The Hall–Kier alpha value is -2.81. The molecule has 0 spiro atoms. The molecule has 3 heteroatoms. The molecule has 0 saturated heterocycles. The minimum Gasteiger partial charge on any atom is -0.206 e. The maximum absolute atomic E-state index is 15.1. The van der Waals surface area contributed by atoms with E-state index in [1.807, 2.05) is 18.2 Å². The normalized spacial score (nSPS) is 17.6. The maximum atomic E-state index is 15.1. The fraction of sp³-hybridized carbons (Fsp3) is 0.412. The van der Waals surface area contributed by atoms with Gasteiger partial charge in [-0.15, -0.1) is 6.58 Å². The number of aryl methyl sites for hydroxylation is 1. The highest BCUT2D eigenvalue weighted by Gasteiger charge is 2.22. The average molecular weight is 505 g/mol. The first kappa shape index (κ1) is 27.2. The van der Waals surface area contributed by atoms with Crippen LogP contribution < -0.4 is 0 Å². The Labute approximate surface area is 220 Å². The first-order valence-electron chi connectivity index (χ1n) is 14.0. The highest BCUT2D eigenvalue weighted by Crippen LogP contribution is 2.38. The summed E-state index contributed by atoms with van der Waals surface area (Å²) in [6.45, 7) is 6.08. The van der Waals surface area contributed by atoms with Crippen molar-refractivity contribution in [3.8, 4) is 22.3 Å². The van der Waals surface area contributed by atoms with Gasteiger partial charge in [0.2, 0.25) is 0 Å². The Bertz CT molecular complexity index is 1170. The number of unbranched alkanes of at least 4 members (excludes halogenated alkanes) is 5. The minimum atomic E-state index is -0.807. The van der Waals surface area contributed by atoms with E-state index < -0.39 is 11.6 Å². The lowest BCUT2D eigenvalue weighted by Crippen LogP contribution is -2.11. The summed E-state index contributed by atoms with van der Waals surface area (Å²) < 4.78 is 44.8. The molecule has 3 aromatic carbocycles. The van der Waals surface area contributed by atoms with Crippen LogP contribution in [0.4, 0.5) is 13.2 Å². The summed E-state index contributed by atoms with van der Waals surface area (Å²) in [6.07, 6.45) is 13.6. The van der Waals surface area contributed by atoms with Crippen LogP contribution in [0.3, 0.4) is 0 Å². The van der Waals surface area contributed by atoms with Crippen molar-refractivity contribution < 1.29 is 13.2 Å². The quantitative estimate of drug-likeness (QED) is 0.180. The standard InChI is InChI=1S/C34H39F3/c1-3-5-6-7-8-9-10-28-19-22-31(34(37)33(28)36)27-17-15-26(16-18-27)30-21-20-29(23-32(30)35)25-13-11-24(4-2)12-14-25/h4,15-25H,2-3,5-14H2,1H3. The fourth-order valence-electron chi connectivity index (χ4n) is 5.64. The highest BCUT2D eigenvalue weighted by molar-refractivity contribution is 5.71. The number of allylic oxidation sites excluding steroid dienone is 1. The van der Waals surface area contributed by atoms with Gasteiger partial charge in [-0.2, -0.15) is 0 Å². The van der Waals surface area contributed by atoms with Crippen molar-refractivity contribution in [1.82, 2.24) is 0 Å². The second-order valence-corrected chi connectivity index (χ2v) is 10.6. The molecular formula is C34H39F3. The molecular weight excluding hydrogens is 465 g/mol. The highest BCUT2D eigenvalue weighted by atomic mass is 19.2. The number of hydrogen-bond donors (Lipinski definition) is 0. The third-order valence-corrected chi connectivity index (χ3v) is 8.04. The molecule has 0 N–H and O–H groups in total. The van der Waals surface area contributed by atoms with E-state index in [2.05, 4.69) is 13.5 Å². The molecule has 1 saturated carbocycles. The van der Waals surface area contributed by atoms with Crippen LogP contribution in [0.15, 0.2) is 67.3 Å². The van der Waals surface area contributed by atoms with E-state index in [0.717, 1.165) is 56.1 Å². The minimum absolute atomic E-state index is 0.238. The van der Waals surface area contributed by atoms with E-state index >= 15 is 4.39 Å². The van der Waals surface area contributed by atoms with E-state index in [0.29, 0.717) is 34.9 Å². The number of hydrogen-bond acceptors (Lipinski definition) is 0. The molecule has 0 unspecified atom stereocenters. The lowest BCUT2D eigenvalue weighted by molar-refractivity contribution is 0.375. The van der Waals surface area contributed by atoms with E-state index in [4.69, 9.17) is 0 Å². The summed E-state index contributed by atoms with van der Waals surface area (Å²) in [6, 6.07) is 16.0. The molecule has 0 atom stereocenters. The van der Waals surface area contributed by atoms with E-state index in [1.54, 1.807) is 42.5 Å². The van der Waals surface area contributed by atoms with Crippen molar-refractivity contribution in [2.24, 2.45) is 5.92 Å². The van der Waals surface area contributed by atoms with Gasteiger partial charge in [0.1, 0.15) is 5.82 Å². The SMILES string of the molecule is C=CC1CCC(c2ccc(-c3ccc(-c4ccc(CCCCCCCC)c(F)c4F)cc3)c(F)c2)CC1. The van der Waals surface area contributed by atoms with Gasteiger partial charge < -0.3 is 0 Å². The monoisotopic (exact) mass is 504 g/mol. The second-order valence-electron chi connectivity index (χ2n) is 10.6. The van der Waals surface area contributed by atoms with Crippen molar-refractivity contribution in [3.63, 3.8) is 0 Å². The van der Waals surface area contributed by atoms with Gasteiger partial charge in [0.15, 0.2) is 11.6 Å². The maximum Gasteiger partial charge on any atom is 0.166 e. The van der Waals surface area contributed by atoms with Crippen LogP contribution >= 0.6 is 0 Å². The molecule has 0 amide bonds. The van der Waals surface area contributed by atoms with Crippen molar-refractivity contribution in [2.75, 3.05) is 0 Å². The summed E-state index contributed by atoms with van der Waals surface area (Å²) in [5.41, 5.74) is 3.57. The zero-order valence-corrected chi connectivity index (χ0v) is 22.0. The third-order valence-electron chi connectivity index (χ3n) is 8.04. The molecule has 4 rings (SSSR count). The second kappa shape index (κ2) is 13.1. The summed E-state index contributed by atoms with van der Waals surface area (Å²) in [4.78, 5) is 0. The first-order chi connectivity index (χ1) is 18.0. The van der Waals surface area contributed by atoms with E-state index in [1.165, 1.54) is 19.3 Å². The van der Waals surface area contributed by atoms with Crippen LogP contribution in [-0.2, 0) is 6.42 Å². The van der Waals surface area contributed by atoms with Gasteiger partial charge in [-0.1, -0.05) is 93.6 Å². The molecule has 0 aliphatic heterocycles. The molecule has 37 heavy (non-hydrogen) atoms. The fourth-order valence-corrected chi connectivity index (χ4v) is 5.64. The first-order valence-corrected chi connectivity index (χ1v) is 14.0. The molecule has 0 heterocycles. The van der Waals surface area contributed by atoms with Crippen LogP contribution in [0.2, 0.25) is 0 Å². The average Bonchev–Trinajstić information content (AvgIpc) is 2.93. The van der Waals surface area contributed by atoms with E-state index in [-0.39, 0.29) is 11.4 Å². The predicted octanol–water partition coefficient (Wildman–Crippen LogP) is 10.8. The summed E-state index contributed by atoms with van der Waals surface area (Å²) >= 11 is 0. The summed E-state index contributed by atoms with van der Waals surface area (Å²) in [5, 5.41) is 0. The van der Waals surface area contributed by atoms with Crippen LogP contribution in [0.5, 0.6) is 0 Å². The van der Waals surface area contributed by atoms with Gasteiger partial charge in [0.05, 0.1) is 0 Å². The van der Waals surface area contributed by atoms with Gasteiger partial charge in [0.25, 0.3) is 0 Å². The van der Waals surface area contributed by atoms with Crippen LogP contribution in [0.25, 0.3) is 22.3 Å². The van der Waals surface area contributed by atoms with Gasteiger partial charge in [-0.25, -0.2) is 13.2 Å². The molecule has 1 aliphatic rings. The topological polar surface area (TPSA) is 0 Å². The summed E-state index contributed by atoms with van der Waals surface area (Å²) in [7, 11) is 0. The van der Waals surface area contributed by atoms with Gasteiger partial charge in [-0.3, -0.25) is 0 Å². The Morgan fingerprint density at radius 1 is 0.730 bits per heavy atom. The molecule has 196 valence electrons. The van der Waals surface area contributed by atoms with Gasteiger partial charge in [0, 0.05) is 11.1 Å². The van der Waals surface area contributed by atoms with Crippen molar-refractivity contribution in [2.45, 2.75) is 83.5 Å². The Balaban J connectivity index is 1.42. The number of benzene rings is 3. The molecule has 0 aromatic heterocycles. The lowest BCUT2D eigenvalue weighted by Gasteiger charge is -2.27. The number of rotatable bonds is 11. The summed E-state index contributed by atoms with van der Waals surface area (Å²) in [5.74, 6) is -0.832. The lowest BCUT2D eigenvalue weighted by atomic mass is 9.78. The number of halogens is 3. The molecule has 3 aromatic rings. The Morgan fingerprint density at radius 3 is 2.00 bits per heavy atom. The molecule has 1 aliphatic carbocycles. The van der Waals surface area contributed by atoms with Crippen LogP contribution in [0, 0.1) is 23.4 Å². The molecule has 0 nitrogen and oxygen atoms in total. The zero-order chi connectivity index (χ0) is 26.2. The zero-order valence-electron chi connectivity index (χ0n) is 22.0. The Kier molecular flexibility index (Phi) is 9.66. The van der Waals surface area contributed by atoms with Crippen LogP contribution in [-0.4, -0.2) is 0 Å². The Morgan fingerprint density at radius 2 is 1.35 bits per heavy atom. The molecule has 0 radical (unpaired) electrons. The predicted molar refractivity (Wildman–Crippen MR) is 149 cm³/mol. The van der Waals surface area contributed by atoms with Crippen molar-refractivity contribution in [1.29, 1.82) is 0 Å². The largest absolute Gasteiger partial charge is 0.206 e. The van der Waals surface area contributed by atoms with E-state index in [9.17, 15) is 8.78 Å². The van der Waals surface area contributed by atoms with Crippen molar-refractivity contribution >= 4 is 0 Å². The van der Waals surface area contributed by atoms with Gasteiger partial charge >= 0.3 is 0 Å². The van der Waals surface area contributed by atoms with Crippen LogP contribution in [0.1, 0.15) is 88.2 Å². The smallest absolute Gasteiger partial charge is 0.166 e. The molecule has 0 bridgehead atoms. The van der Waals surface area contributed by atoms with Crippen molar-refractivity contribution in [3.05, 3.63) is 95.8 Å². The molecule has 1 fully saturated rings. The van der Waals surface area contributed by atoms with Gasteiger partial charge in [-0.05, 0) is 78.7 Å². The third kappa shape index (κ3) is 6.74.